The van der Waals surface area contributed by atoms with Crippen LogP contribution in [0.4, 0.5) is 0 Å². The lowest BCUT2D eigenvalue weighted by Gasteiger charge is -2.14. The van der Waals surface area contributed by atoms with Crippen molar-refractivity contribution in [2.24, 2.45) is 0 Å². The summed E-state index contributed by atoms with van der Waals surface area (Å²) in [7, 11) is 0. The average molecular weight is 414 g/mol. The van der Waals surface area contributed by atoms with Crippen LogP contribution in [0.2, 0.25) is 5.02 Å². The van der Waals surface area contributed by atoms with E-state index in [0.717, 1.165) is 9.50 Å². The van der Waals surface area contributed by atoms with E-state index >= 15 is 0 Å². The van der Waals surface area contributed by atoms with Gasteiger partial charge in [-0.1, -0.05) is 63.9 Å². The van der Waals surface area contributed by atoms with E-state index in [9.17, 15) is 0 Å². The van der Waals surface area contributed by atoms with Crippen LogP contribution < -0.4 is 0 Å². The fourth-order valence-electron chi connectivity index (χ4n) is 3.18. The maximum atomic E-state index is 6.23. The minimum absolute atomic E-state index is 0.772. The largest absolute Gasteiger partial charge is 0.129 e. The second-order valence-electron chi connectivity index (χ2n) is 5.68. The zero-order chi connectivity index (χ0) is 16.7. The number of fused-ring (bicyclic) bond motifs is 3. The number of halogens is 2. The van der Waals surface area contributed by atoms with Gasteiger partial charge in [-0.05, 0) is 69.3 Å². The highest BCUT2D eigenvalue weighted by Gasteiger charge is 2.12. The van der Waals surface area contributed by atoms with Crippen LogP contribution >= 0.6 is 39.3 Å². The maximum absolute atomic E-state index is 6.23. The monoisotopic (exact) mass is 412 g/mol. The van der Waals surface area contributed by atoms with E-state index in [2.05, 4.69) is 82.8 Å². The number of thioether (sulfide) groups is 1. The third kappa shape index (κ3) is 2.73. The van der Waals surface area contributed by atoms with Gasteiger partial charge in [-0.3, -0.25) is 0 Å². The molecule has 0 nitrogen and oxygen atoms in total. The highest BCUT2D eigenvalue weighted by Crippen LogP contribution is 2.40. The highest BCUT2D eigenvalue weighted by atomic mass is 79.9. The van der Waals surface area contributed by atoms with Crippen LogP contribution in [-0.2, 0) is 0 Å². The summed E-state index contributed by atoms with van der Waals surface area (Å²) in [5.41, 5.74) is 2.52. The summed E-state index contributed by atoms with van der Waals surface area (Å²) < 4.78 is 1.10. The molecule has 0 fully saturated rings. The minimum Gasteiger partial charge on any atom is -0.129 e. The van der Waals surface area contributed by atoms with Crippen LogP contribution in [0.5, 0.6) is 0 Å². The molecule has 0 atom stereocenters. The normalized spacial score (nSPS) is 11.3. The second kappa shape index (κ2) is 6.44. The molecule has 0 aliphatic rings. The summed E-state index contributed by atoms with van der Waals surface area (Å²) in [5, 5.41) is 5.67. The molecule has 0 unspecified atom stereocenters. The van der Waals surface area contributed by atoms with E-state index in [1.165, 1.54) is 37.6 Å². The Hall–Kier alpha value is -1.48. The molecule has 0 heterocycles. The molecule has 4 aromatic carbocycles. The van der Waals surface area contributed by atoms with E-state index in [1.807, 2.05) is 6.07 Å². The van der Waals surface area contributed by atoms with Gasteiger partial charge >= 0.3 is 0 Å². The predicted molar refractivity (Wildman–Crippen MR) is 111 cm³/mol. The standard InChI is InChI=1S/C21H14BrClS/c1-24-21-11-14(22)7-9-18(21)20-10-13-6-8-15(23)12-19(13)16-4-2-3-5-17(16)20/h2-12H,1H3. The topological polar surface area (TPSA) is 0 Å². The first kappa shape index (κ1) is 16.0. The van der Waals surface area contributed by atoms with Gasteiger partial charge in [0.15, 0.2) is 0 Å². The van der Waals surface area contributed by atoms with Crippen LogP contribution in [0.25, 0.3) is 32.7 Å². The first-order valence-corrected chi connectivity index (χ1v) is 10.0. The lowest BCUT2D eigenvalue weighted by Crippen LogP contribution is -1.87. The van der Waals surface area contributed by atoms with Crippen molar-refractivity contribution in [2.45, 2.75) is 4.90 Å². The molecule has 0 saturated carbocycles. The van der Waals surface area contributed by atoms with Gasteiger partial charge in [-0.2, -0.15) is 0 Å². The summed E-state index contributed by atoms with van der Waals surface area (Å²) in [6.45, 7) is 0. The van der Waals surface area contributed by atoms with E-state index in [1.54, 1.807) is 11.8 Å². The Morgan fingerprint density at radius 2 is 1.58 bits per heavy atom. The number of hydrogen-bond donors (Lipinski definition) is 0. The zero-order valence-corrected chi connectivity index (χ0v) is 16.2. The highest BCUT2D eigenvalue weighted by molar-refractivity contribution is 9.10. The minimum atomic E-state index is 0.772. The van der Waals surface area contributed by atoms with Crippen LogP contribution in [-0.4, -0.2) is 6.26 Å². The predicted octanol–water partition coefficient (Wildman–Crippen LogP) is 7.80. The molecule has 118 valence electrons. The number of benzene rings is 4. The van der Waals surface area contributed by atoms with Gasteiger partial charge < -0.3 is 0 Å². The molecule has 0 aromatic heterocycles. The molecule has 3 heteroatoms. The third-order valence-corrected chi connectivity index (χ3v) is 5.78. The van der Waals surface area contributed by atoms with Crippen molar-refractivity contribution in [2.75, 3.05) is 6.26 Å². The Morgan fingerprint density at radius 1 is 0.792 bits per heavy atom. The molecule has 4 aromatic rings. The van der Waals surface area contributed by atoms with Gasteiger partial charge in [-0.25, -0.2) is 0 Å². The third-order valence-electron chi connectivity index (χ3n) is 4.28. The van der Waals surface area contributed by atoms with Crippen molar-refractivity contribution >= 4 is 60.8 Å². The molecule has 0 bridgehead atoms. The van der Waals surface area contributed by atoms with E-state index in [-0.39, 0.29) is 0 Å². The lowest BCUT2D eigenvalue weighted by molar-refractivity contribution is 1.44. The molecule has 0 aliphatic heterocycles. The summed E-state index contributed by atoms with van der Waals surface area (Å²) >= 11 is 11.6. The van der Waals surface area contributed by atoms with Crippen molar-refractivity contribution in [3.05, 3.63) is 76.2 Å². The van der Waals surface area contributed by atoms with Crippen LogP contribution in [0.3, 0.4) is 0 Å². The first-order chi connectivity index (χ1) is 11.7. The van der Waals surface area contributed by atoms with E-state index in [4.69, 9.17) is 11.6 Å². The first-order valence-electron chi connectivity index (χ1n) is 7.62. The molecular weight excluding hydrogens is 400 g/mol. The molecular formula is C21H14BrClS. The molecule has 0 amide bonds. The molecule has 0 N–H and O–H groups in total. The molecule has 4 rings (SSSR count). The molecule has 0 aliphatic carbocycles. The summed E-state index contributed by atoms with van der Waals surface area (Å²) in [6.07, 6.45) is 2.12. The van der Waals surface area contributed by atoms with Crippen molar-refractivity contribution in [3.8, 4) is 11.1 Å². The maximum Gasteiger partial charge on any atom is 0.0412 e. The SMILES string of the molecule is CSc1cc(Br)ccc1-c1cc2ccc(Cl)cc2c2ccccc12. The Kier molecular flexibility index (Phi) is 4.29. The average Bonchev–Trinajstić information content (AvgIpc) is 2.61. The van der Waals surface area contributed by atoms with Crippen molar-refractivity contribution < 1.29 is 0 Å². The number of rotatable bonds is 2. The van der Waals surface area contributed by atoms with Crippen LogP contribution in [0, 0.1) is 0 Å². The van der Waals surface area contributed by atoms with Gasteiger partial charge in [0.1, 0.15) is 0 Å². The van der Waals surface area contributed by atoms with Gasteiger partial charge in [0.2, 0.25) is 0 Å². The lowest BCUT2D eigenvalue weighted by atomic mass is 9.93. The second-order valence-corrected chi connectivity index (χ2v) is 7.88. The van der Waals surface area contributed by atoms with Gasteiger partial charge in [0.25, 0.3) is 0 Å². The quantitative estimate of drug-likeness (QED) is 0.238. The van der Waals surface area contributed by atoms with Crippen LogP contribution in [0.1, 0.15) is 0 Å². The zero-order valence-electron chi connectivity index (χ0n) is 13.0. The Morgan fingerprint density at radius 3 is 2.38 bits per heavy atom. The fraction of sp³-hybridized carbons (Fsp3) is 0.0476. The Bertz CT molecular complexity index is 1070. The van der Waals surface area contributed by atoms with Crippen molar-refractivity contribution in [3.63, 3.8) is 0 Å². The Labute approximate surface area is 159 Å². The molecule has 0 saturated heterocycles. The molecule has 0 radical (unpaired) electrons. The van der Waals surface area contributed by atoms with E-state index < -0.39 is 0 Å². The van der Waals surface area contributed by atoms with Crippen molar-refractivity contribution in [1.82, 2.24) is 0 Å². The smallest absolute Gasteiger partial charge is 0.0412 e. The molecule has 24 heavy (non-hydrogen) atoms. The van der Waals surface area contributed by atoms with E-state index in [0.29, 0.717) is 0 Å². The molecule has 0 spiro atoms. The summed E-state index contributed by atoms with van der Waals surface area (Å²) in [5.74, 6) is 0. The van der Waals surface area contributed by atoms with Gasteiger partial charge in [0, 0.05) is 14.4 Å². The number of hydrogen-bond acceptors (Lipinski definition) is 1. The van der Waals surface area contributed by atoms with Crippen molar-refractivity contribution in [1.29, 1.82) is 0 Å². The van der Waals surface area contributed by atoms with Gasteiger partial charge in [0.05, 0.1) is 0 Å². The summed E-state index contributed by atoms with van der Waals surface area (Å²) in [6, 6.07) is 23.4. The van der Waals surface area contributed by atoms with Gasteiger partial charge in [-0.15, -0.1) is 11.8 Å². The van der Waals surface area contributed by atoms with Crippen LogP contribution in [0.15, 0.2) is 76.1 Å². The fourth-order valence-corrected chi connectivity index (χ4v) is 4.51. The summed E-state index contributed by atoms with van der Waals surface area (Å²) in [4.78, 5) is 1.27. The Balaban J connectivity index is 2.14.